The van der Waals surface area contributed by atoms with Gasteiger partial charge in [0.25, 0.3) is 5.91 Å². The van der Waals surface area contributed by atoms with Crippen LogP contribution in [0.15, 0.2) is 24.3 Å². The number of aromatic nitrogens is 2. The highest BCUT2D eigenvalue weighted by Crippen LogP contribution is 2.19. The third-order valence-corrected chi connectivity index (χ3v) is 2.75. The van der Waals surface area contributed by atoms with E-state index in [1.165, 1.54) is 19.2 Å². The number of carbonyl (C=O) groups is 2. The van der Waals surface area contributed by atoms with E-state index in [2.05, 4.69) is 10.4 Å². The smallest absolute Gasteiger partial charge is 0.354 e. The highest BCUT2D eigenvalue weighted by molar-refractivity contribution is 6.30. The van der Waals surface area contributed by atoms with Crippen LogP contribution in [-0.2, 0) is 7.05 Å². The number of nitrogens with one attached hydrogen (secondary N) is 1. The number of amides is 1. The maximum atomic E-state index is 13.5. The predicted molar refractivity (Wildman–Crippen MR) is 69.5 cm³/mol. The van der Waals surface area contributed by atoms with Gasteiger partial charge in [0.2, 0.25) is 0 Å². The van der Waals surface area contributed by atoms with Gasteiger partial charge in [0.1, 0.15) is 11.5 Å². The number of carboxylic acids is 1. The highest BCUT2D eigenvalue weighted by atomic mass is 35.5. The molecule has 0 aliphatic heterocycles. The van der Waals surface area contributed by atoms with E-state index in [0.29, 0.717) is 0 Å². The third kappa shape index (κ3) is 2.77. The fourth-order valence-corrected chi connectivity index (χ4v) is 1.71. The minimum absolute atomic E-state index is 0.0677. The molecule has 104 valence electrons. The van der Waals surface area contributed by atoms with Gasteiger partial charge in [-0.2, -0.15) is 5.10 Å². The molecule has 6 nitrogen and oxygen atoms in total. The Balaban J connectivity index is 2.24. The molecule has 0 saturated carbocycles. The van der Waals surface area contributed by atoms with Crippen molar-refractivity contribution < 1.29 is 19.1 Å². The Morgan fingerprint density at radius 3 is 2.65 bits per heavy atom. The molecule has 2 rings (SSSR count). The SMILES string of the molecule is Cn1nc(C(=O)Nc2ccc(Cl)cc2F)cc1C(=O)O. The number of carbonyl (C=O) groups excluding carboxylic acids is 1. The molecule has 1 amide bonds. The van der Waals surface area contributed by atoms with Gasteiger partial charge in [0.15, 0.2) is 5.69 Å². The van der Waals surface area contributed by atoms with Crippen LogP contribution >= 0.6 is 11.6 Å². The minimum Gasteiger partial charge on any atom is -0.477 e. The molecule has 0 atom stereocenters. The van der Waals surface area contributed by atoms with E-state index in [4.69, 9.17) is 16.7 Å². The van der Waals surface area contributed by atoms with Crippen LogP contribution in [0.2, 0.25) is 5.02 Å². The van der Waals surface area contributed by atoms with Gasteiger partial charge in [0, 0.05) is 18.1 Å². The first-order valence-electron chi connectivity index (χ1n) is 5.42. The lowest BCUT2D eigenvalue weighted by atomic mass is 10.3. The van der Waals surface area contributed by atoms with Gasteiger partial charge in [-0.15, -0.1) is 0 Å². The number of aromatic carboxylic acids is 1. The molecular formula is C12H9ClFN3O3. The monoisotopic (exact) mass is 297 g/mol. The van der Waals surface area contributed by atoms with E-state index >= 15 is 0 Å². The zero-order chi connectivity index (χ0) is 14.9. The van der Waals surface area contributed by atoms with Crippen LogP contribution in [0.1, 0.15) is 21.0 Å². The normalized spacial score (nSPS) is 10.3. The summed E-state index contributed by atoms with van der Waals surface area (Å²) in [6.07, 6.45) is 0. The number of anilines is 1. The summed E-state index contributed by atoms with van der Waals surface area (Å²) in [5.74, 6) is -2.62. The lowest BCUT2D eigenvalue weighted by Gasteiger charge is -2.04. The van der Waals surface area contributed by atoms with Crippen molar-refractivity contribution in [3.8, 4) is 0 Å². The number of aryl methyl sites for hydroxylation is 1. The molecule has 20 heavy (non-hydrogen) atoms. The first-order chi connectivity index (χ1) is 9.38. The largest absolute Gasteiger partial charge is 0.477 e. The number of carboxylic acid groups (broad SMARTS) is 1. The Kier molecular flexibility index (Phi) is 3.71. The van der Waals surface area contributed by atoms with Gasteiger partial charge in [-0.1, -0.05) is 11.6 Å². The van der Waals surface area contributed by atoms with Gasteiger partial charge in [0.05, 0.1) is 5.69 Å². The summed E-state index contributed by atoms with van der Waals surface area (Å²) in [4.78, 5) is 22.7. The van der Waals surface area contributed by atoms with E-state index in [1.807, 2.05) is 0 Å². The second-order valence-electron chi connectivity index (χ2n) is 3.92. The molecule has 1 aromatic heterocycles. The Bertz CT molecular complexity index is 699. The maximum absolute atomic E-state index is 13.5. The summed E-state index contributed by atoms with van der Waals surface area (Å²) in [5, 5.41) is 15.1. The van der Waals surface area contributed by atoms with Crippen LogP contribution in [-0.4, -0.2) is 26.8 Å². The minimum atomic E-state index is -1.21. The summed E-state index contributed by atoms with van der Waals surface area (Å²) in [5.41, 5.74) is -0.340. The number of hydrogen-bond acceptors (Lipinski definition) is 3. The molecule has 0 fully saturated rings. The van der Waals surface area contributed by atoms with Crippen molar-refractivity contribution in [1.82, 2.24) is 9.78 Å². The molecular weight excluding hydrogens is 289 g/mol. The van der Waals surface area contributed by atoms with E-state index in [9.17, 15) is 14.0 Å². The maximum Gasteiger partial charge on any atom is 0.354 e. The second kappa shape index (κ2) is 5.30. The summed E-state index contributed by atoms with van der Waals surface area (Å²) < 4.78 is 14.6. The van der Waals surface area contributed by atoms with Crippen molar-refractivity contribution in [1.29, 1.82) is 0 Å². The van der Waals surface area contributed by atoms with Crippen LogP contribution < -0.4 is 5.32 Å². The number of hydrogen-bond donors (Lipinski definition) is 2. The zero-order valence-electron chi connectivity index (χ0n) is 10.2. The zero-order valence-corrected chi connectivity index (χ0v) is 11.0. The van der Waals surface area contributed by atoms with Gasteiger partial charge >= 0.3 is 5.97 Å². The summed E-state index contributed by atoms with van der Waals surface area (Å²) in [7, 11) is 1.39. The molecule has 0 saturated heterocycles. The summed E-state index contributed by atoms with van der Waals surface area (Å²) in [6, 6.07) is 4.88. The van der Waals surface area contributed by atoms with E-state index in [0.717, 1.165) is 16.8 Å². The summed E-state index contributed by atoms with van der Waals surface area (Å²) >= 11 is 5.60. The molecule has 0 aliphatic carbocycles. The summed E-state index contributed by atoms with van der Waals surface area (Å²) in [6.45, 7) is 0. The standard InChI is InChI=1S/C12H9ClFN3O3/c1-17-10(12(19)20)5-9(16-17)11(18)15-8-3-2-6(13)4-7(8)14/h2-5H,1H3,(H,15,18)(H,19,20). The number of benzene rings is 1. The average Bonchev–Trinajstić information content (AvgIpc) is 2.75. The molecule has 1 heterocycles. The number of halogens is 2. The molecule has 0 aliphatic rings. The molecule has 0 bridgehead atoms. The molecule has 2 N–H and O–H groups in total. The molecule has 1 aromatic carbocycles. The fraction of sp³-hybridized carbons (Fsp3) is 0.0833. The van der Waals surface area contributed by atoms with Crippen molar-refractivity contribution in [3.63, 3.8) is 0 Å². The Hall–Kier alpha value is -2.41. The van der Waals surface area contributed by atoms with Crippen LogP contribution in [0.3, 0.4) is 0 Å². The topological polar surface area (TPSA) is 84.2 Å². The van der Waals surface area contributed by atoms with Crippen molar-refractivity contribution in [2.24, 2.45) is 7.05 Å². The average molecular weight is 298 g/mol. The second-order valence-corrected chi connectivity index (χ2v) is 4.36. The van der Waals surface area contributed by atoms with Gasteiger partial charge in [-0.05, 0) is 18.2 Å². The Labute approximate surface area is 117 Å². The lowest BCUT2D eigenvalue weighted by Crippen LogP contribution is -2.14. The molecule has 0 unspecified atom stereocenters. The van der Waals surface area contributed by atoms with E-state index < -0.39 is 17.7 Å². The third-order valence-electron chi connectivity index (χ3n) is 2.51. The Morgan fingerprint density at radius 2 is 2.10 bits per heavy atom. The van der Waals surface area contributed by atoms with E-state index in [-0.39, 0.29) is 22.1 Å². The van der Waals surface area contributed by atoms with Crippen LogP contribution in [0.5, 0.6) is 0 Å². The van der Waals surface area contributed by atoms with Crippen molar-refractivity contribution >= 4 is 29.2 Å². The molecule has 2 aromatic rings. The van der Waals surface area contributed by atoms with Crippen molar-refractivity contribution in [3.05, 3.63) is 46.5 Å². The van der Waals surface area contributed by atoms with E-state index in [1.54, 1.807) is 0 Å². The van der Waals surface area contributed by atoms with Gasteiger partial charge < -0.3 is 10.4 Å². The van der Waals surface area contributed by atoms with Gasteiger partial charge in [-0.25, -0.2) is 9.18 Å². The van der Waals surface area contributed by atoms with Crippen LogP contribution in [0.25, 0.3) is 0 Å². The fourth-order valence-electron chi connectivity index (χ4n) is 1.56. The quantitative estimate of drug-likeness (QED) is 0.909. The van der Waals surface area contributed by atoms with Crippen molar-refractivity contribution in [2.45, 2.75) is 0 Å². The molecule has 0 radical (unpaired) electrons. The lowest BCUT2D eigenvalue weighted by molar-refractivity contribution is 0.0685. The van der Waals surface area contributed by atoms with Crippen LogP contribution in [0, 0.1) is 5.82 Å². The number of nitrogens with zero attached hydrogens (tertiary/aromatic N) is 2. The highest BCUT2D eigenvalue weighted by Gasteiger charge is 2.17. The van der Waals surface area contributed by atoms with Crippen LogP contribution in [0.4, 0.5) is 10.1 Å². The van der Waals surface area contributed by atoms with Crippen molar-refractivity contribution in [2.75, 3.05) is 5.32 Å². The first kappa shape index (κ1) is 14.0. The molecule has 8 heteroatoms. The number of rotatable bonds is 3. The Morgan fingerprint density at radius 1 is 1.40 bits per heavy atom. The first-order valence-corrected chi connectivity index (χ1v) is 5.80. The molecule has 0 spiro atoms. The van der Waals surface area contributed by atoms with Gasteiger partial charge in [-0.3, -0.25) is 9.48 Å². The predicted octanol–water partition coefficient (Wildman–Crippen LogP) is 2.16.